The second-order valence-corrected chi connectivity index (χ2v) is 15.6. The third-order valence-electron chi connectivity index (χ3n) is 9.35. The molecule has 5 atom stereocenters. The fraction of sp³-hybridized carbons (Fsp3) is 0.596. The van der Waals surface area contributed by atoms with Gasteiger partial charge in [-0.2, -0.15) is 0 Å². The van der Waals surface area contributed by atoms with Crippen molar-refractivity contribution in [3.05, 3.63) is 84.6 Å². The van der Waals surface area contributed by atoms with Crippen molar-refractivity contribution >= 4 is 41.4 Å². The van der Waals surface area contributed by atoms with Crippen molar-refractivity contribution in [3.63, 3.8) is 0 Å². The Bertz CT molecular complexity index is 1650. The number of Topliss-reactive ketones (excluding diaryl/α,β-unsaturated/α-hetero) is 1. The number of hydrogen-bond acceptors (Lipinski definition) is 19. The molecule has 67 heavy (non-hydrogen) atoms. The molecule has 1 N–H and O–H groups in total. The highest BCUT2D eigenvalue weighted by Gasteiger charge is 2.38. The van der Waals surface area contributed by atoms with Gasteiger partial charge in [-0.1, -0.05) is 38.0 Å². The topological polar surface area (TPSA) is 217 Å². The normalized spacial score (nSPS) is 19.0. The van der Waals surface area contributed by atoms with Crippen molar-refractivity contribution in [2.45, 2.75) is 70.7 Å². The van der Waals surface area contributed by atoms with Gasteiger partial charge in [0, 0.05) is 34.0 Å². The summed E-state index contributed by atoms with van der Waals surface area (Å²) in [5.74, 6) is -2.26. The molecule has 5 unspecified atom stereocenters. The van der Waals surface area contributed by atoms with Crippen LogP contribution in [-0.4, -0.2) is 165 Å². The predicted molar refractivity (Wildman–Crippen MR) is 246 cm³/mol. The minimum absolute atomic E-state index is 0.0197. The van der Waals surface area contributed by atoms with Crippen LogP contribution in [0.15, 0.2) is 84.6 Å². The Kier molecular flexibility index (Phi) is 30.4. The third-order valence-corrected chi connectivity index (χ3v) is 10.8. The van der Waals surface area contributed by atoms with Crippen LogP contribution in [0.25, 0.3) is 0 Å². The second kappa shape index (κ2) is 34.8. The average Bonchev–Trinajstić information content (AvgIpc) is 3.33. The van der Waals surface area contributed by atoms with Crippen LogP contribution >= 0.6 is 11.8 Å². The van der Waals surface area contributed by atoms with Gasteiger partial charge in [0.25, 0.3) is 5.91 Å². The molecule has 1 amide bonds. The molecule has 1 heterocycles. The molecule has 1 aliphatic carbocycles. The quantitative estimate of drug-likeness (QED) is 0.0301. The Morgan fingerprint density at radius 3 is 1.55 bits per heavy atom. The first-order valence-electron chi connectivity index (χ1n) is 22.0. The number of carbonyl (C=O) groups is 5. The van der Waals surface area contributed by atoms with Gasteiger partial charge in [0.05, 0.1) is 90.7 Å². The van der Waals surface area contributed by atoms with Crippen LogP contribution in [0.1, 0.15) is 41.0 Å². The molecule has 0 aromatic heterocycles. The minimum atomic E-state index is -1.26. The zero-order chi connectivity index (χ0) is 49.3. The number of ketones is 1. The maximum atomic E-state index is 13.9. The standard InChI is InChI=1S/C47H69NO18S/c1-9-38-40(10-2)67-41-15-14-37(30-39(41)46(38)53)64-31-42(49)48-47(32-65-35(7)59-25-19-55-22-28-62-44(51)12-4,33-66-36(8)60-26-20-56-23-29-63-45(52)13-5)16-17-57-34(6)58-24-18-54-21-27-61-43(50)11-3/h9-15,30,34-36,39,41H,3-5,16-29,31-33H2,1-2,6-8H3,(H,48,49)/b38-9+,40-10+. The molecular weight excluding hydrogens is 899 g/mol. The van der Waals surface area contributed by atoms with Gasteiger partial charge in [-0.15, -0.1) is 11.8 Å². The number of nitrogens with one attached hydrogen (secondary N) is 1. The van der Waals surface area contributed by atoms with Crippen molar-refractivity contribution in [3.8, 4) is 0 Å². The Hall–Kier alpha value is -4.48. The molecule has 19 nitrogen and oxygen atoms in total. The first-order valence-corrected chi connectivity index (χ1v) is 22.9. The maximum absolute atomic E-state index is 13.9. The summed E-state index contributed by atoms with van der Waals surface area (Å²) in [7, 11) is 0. The van der Waals surface area contributed by atoms with E-state index >= 15 is 0 Å². The molecular formula is C47H69NO18S. The van der Waals surface area contributed by atoms with Gasteiger partial charge in [-0.3, -0.25) is 9.59 Å². The fourth-order valence-electron chi connectivity index (χ4n) is 5.91. The lowest BCUT2D eigenvalue weighted by molar-refractivity contribution is -0.186. The van der Waals surface area contributed by atoms with E-state index in [9.17, 15) is 24.0 Å². The van der Waals surface area contributed by atoms with Gasteiger partial charge in [-0.05, 0) is 53.2 Å². The van der Waals surface area contributed by atoms with Crippen molar-refractivity contribution in [1.82, 2.24) is 5.32 Å². The molecule has 0 aromatic carbocycles. The van der Waals surface area contributed by atoms with E-state index in [1.54, 1.807) is 44.7 Å². The lowest BCUT2D eigenvalue weighted by atomic mass is 9.89. The number of amides is 1. The summed E-state index contributed by atoms with van der Waals surface area (Å²) in [5.41, 5.74) is -0.615. The van der Waals surface area contributed by atoms with Gasteiger partial charge in [0.1, 0.15) is 25.6 Å². The van der Waals surface area contributed by atoms with Crippen LogP contribution in [-0.2, 0) is 85.6 Å². The van der Waals surface area contributed by atoms with Gasteiger partial charge < -0.3 is 66.9 Å². The van der Waals surface area contributed by atoms with Crippen LogP contribution in [0.4, 0.5) is 0 Å². The highest BCUT2D eigenvalue weighted by atomic mass is 32.2. The van der Waals surface area contributed by atoms with Gasteiger partial charge in [-0.25, -0.2) is 14.4 Å². The van der Waals surface area contributed by atoms with E-state index < -0.39 is 60.7 Å². The number of ether oxygens (including phenoxy) is 13. The highest BCUT2D eigenvalue weighted by Crippen LogP contribution is 2.43. The van der Waals surface area contributed by atoms with Crippen molar-refractivity contribution in [2.24, 2.45) is 5.92 Å². The molecule has 20 heteroatoms. The van der Waals surface area contributed by atoms with E-state index in [-0.39, 0.29) is 117 Å². The van der Waals surface area contributed by atoms with Crippen LogP contribution < -0.4 is 5.32 Å². The largest absolute Gasteiger partial charge is 0.484 e. The number of esters is 3. The van der Waals surface area contributed by atoms with Gasteiger partial charge >= 0.3 is 17.9 Å². The Balaban J connectivity index is 2.17. The SMILES string of the molecule is C=CC(=O)OCCOCCOC(C)OCCC(COC(C)OCCOCCOC(=O)C=C)(COC(C)OCCOCCOC(=O)C=C)NC(=O)COC1=CC2C(=O)C(=C/C)/C(=C\C)SC2C=C1. The molecule has 0 aromatic rings. The summed E-state index contributed by atoms with van der Waals surface area (Å²) < 4.78 is 72.8. The first-order chi connectivity index (χ1) is 32.3. The lowest BCUT2D eigenvalue weighted by Gasteiger charge is -2.36. The van der Waals surface area contributed by atoms with E-state index in [1.165, 1.54) is 0 Å². The molecule has 0 bridgehead atoms. The van der Waals surface area contributed by atoms with Crippen LogP contribution in [0, 0.1) is 5.92 Å². The Morgan fingerprint density at radius 1 is 0.657 bits per heavy atom. The second-order valence-electron chi connectivity index (χ2n) is 14.4. The minimum Gasteiger partial charge on any atom is -0.484 e. The van der Waals surface area contributed by atoms with Crippen LogP contribution in [0.5, 0.6) is 0 Å². The predicted octanol–water partition coefficient (Wildman–Crippen LogP) is 4.23. The van der Waals surface area contributed by atoms with Crippen molar-refractivity contribution < 1.29 is 85.6 Å². The number of fused-ring (bicyclic) bond motifs is 1. The fourth-order valence-corrected chi connectivity index (χ4v) is 7.20. The van der Waals surface area contributed by atoms with E-state index in [4.69, 9.17) is 61.6 Å². The summed E-state index contributed by atoms with van der Waals surface area (Å²) in [6, 6.07) is 0. The summed E-state index contributed by atoms with van der Waals surface area (Å²) >= 11 is 1.60. The molecule has 2 rings (SSSR count). The summed E-state index contributed by atoms with van der Waals surface area (Å²) in [5, 5.41) is 2.95. The number of carbonyl (C=O) groups excluding carboxylic acids is 5. The van der Waals surface area contributed by atoms with Crippen LogP contribution in [0.2, 0.25) is 0 Å². The van der Waals surface area contributed by atoms with Crippen molar-refractivity contribution in [2.75, 3.05) is 106 Å². The molecule has 0 radical (unpaired) electrons. The zero-order valence-electron chi connectivity index (χ0n) is 39.4. The monoisotopic (exact) mass is 967 g/mol. The number of allylic oxidation sites excluding steroid dienone is 5. The first kappa shape index (κ1) is 58.6. The third kappa shape index (κ3) is 24.9. The smallest absolute Gasteiger partial charge is 0.330 e. The molecule has 1 fully saturated rings. The van der Waals surface area contributed by atoms with E-state index in [0.29, 0.717) is 11.3 Å². The van der Waals surface area contributed by atoms with Gasteiger partial charge in [0.2, 0.25) is 0 Å². The number of hydrogen-bond donors (Lipinski definition) is 1. The highest BCUT2D eigenvalue weighted by molar-refractivity contribution is 8.04. The maximum Gasteiger partial charge on any atom is 0.330 e. The zero-order valence-corrected chi connectivity index (χ0v) is 40.2. The average molecular weight is 968 g/mol. The lowest BCUT2D eigenvalue weighted by Crippen LogP contribution is -2.57. The Morgan fingerprint density at radius 2 is 1.10 bits per heavy atom. The molecule has 1 aliphatic heterocycles. The van der Waals surface area contributed by atoms with E-state index in [1.807, 2.05) is 32.1 Å². The Labute approximate surface area is 398 Å². The number of rotatable bonds is 38. The number of thioether (sulfide) groups is 1. The van der Waals surface area contributed by atoms with Crippen LogP contribution in [0.3, 0.4) is 0 Å². The van der Waals surface area contributed by atoms with E-state index in [2.05, 4.69) is 25.1 Å². The summed E-state index contributed by atoms with van der Waals surface area (Å²) in [6.45, 7) is 20.0. The molecule has 0 spiro atoms. The van der Waals surface area contributed by atoms with E-state index in [0.717, 1.165) is 23.1 Å². The van der Waals surface area contributed by atoms with Gasteiger partial charge in [0.15, 0.2) is 31.3 Å². The molecule has 2 aliphatic rings. The summed E-state index contributed by atoms with van der Waals surface area (Å²) in [4.78, 5) is 61.9. The molecule has 0 saturated carbocycles. The summed E-state index contributed by atoms with van der Waals surface area (Å²) in [6.07, 6.45) is 10.2. The van der Waals surface area contributed by atoms with Crippen molar-refractivity contribution in [1.29, 1.82) is 0 Å². The molecule has 376 valence electrons. The molecule has 1 saturated heterocycles.